The molecule has 0 saturated carbocycles. The predicted molar refractivity (Wildman–Crippen MR) is 61.8 cm³/mol. The normalized spacial score (nSPS) is 9.88. The summed E-state index contributed by atoms with van der Waals surface area (Å²) in [6.45, 7) is 0. The van der Waals surface area contributed by atoms with E-state index >= 15 is 0 Å². The molecule has 0 saturated heterocycles. The third-order valence-electron chi connectivity index (χ3n) is 2.18. The molecule has 0 atom stereocenters. The van der Waals surface area contributed by atoms with Crippen LogP contribution in [0.3, 0.4) is 0 Å². The molecule has 84 valence electrons. The second-order valence-electron chi connectivity index (χ2n) is 3.29. The van der Waals surface area contributed by atoms with Crippen molar-refractivity contribution in [3.63, 3.8) is 0 Å². The molecule has 1 heterocycles. The van der Waals surface area contributed by atoms with E-state index in [2.05, 4.69) is 5.10 Å². The van der Waals surface area contributed by atoms with Gasteiger partial charge in [0, 0.05) is 6.20 Å². The van der Waals surface area contributed by atoms with Crippen molar-refractivity contribution in [1.29, 1.82) is 5.26 Å². The first-order valence-corrected chi connectivity index (χ1v) is 5.05. The SMILES string of the molecule is N#Cc1ccc(-n2ccc(C(N)=O)n2)cc1Cl. The van der Waals surface area contributed by atoms with Crippen molar-refractivity contribution in [2.75, 3.05) is 0 Å². The Hall–Kier alpha value is -2.32. The maximum Gasteiger partial charge on any atom is 0.269 e. The number of nitrogens with zero attached hydrogens (tertiary/aromatic N) is 3. The Morgan fingerprint density at radius 1 is 1.47 bits per heavy atom. The standard InChI is InChI=1S/C11H7ClN4O/c12-9-5-8(2-1-7(9)6-13)16-4-3-10(15-16)11(14)17/h1-5H,(H2,14,17). The average Bonchev–Trinajstić information content (AvgIpc) is 2.78. The van der Waals surface area contributed by atoms with Crippen molar-refractivity contribution >= 4 is 17.5 Å². The van der Waals surface area contributed by atoms with E-state index in [-0.39, 0.29) is 5.69 Å². The fourth-order valence-corrected chi connectivity index (χ4v) is 1.55. The zero-order valence-corrected chi connectivity index (χ0v) is 9.35. The van der Waals surface area contributed by atoms with Crippen molar-refractivity contribution < 1.29 is 4.79 Å². The minimum atomic E-state index is -0.594. The summed E-state index contributed by atoms with van der Waals surface area (Å²) in [5.74, 6) is -0.594. The van der Waals surface area contributed by atoms with Crippen LogP contribution in [0.25, 0.3) is 5.69 Å². The van der Waals surface area contributed by atoms with Crippen LogP contribution in [0.2, 0.25) is 5.02 Å². The molecule has 0 radical (unpaired) electrons. The molecule has 0 bridgehead atoms. The lowest BCUT2D eigenvalue weighted by molar-refractivity contribution is 0.0995. The summed E-state index contributed by atoms with van der Waals surface area (Å²) in [4.78, 5) is 10.9. The van der Waals surface area contributed by atoms with Gasteiger partial charge in [0.15, 0.2) is 0 Å². The van der Waals surface area contributed by atoms with Crippen LogP contribution < -0.4 is 5.73 Å². The Balaban J connectivity index is 2.43. The highest BCUT2D eigenvalue weighted by molar-refractivity contribution is 6.31. The maximum absolute atomic E-state index is 10.9. The Labute approximate surface area is 102 Å². The van der Waals surface area contributed by atoms with Crippen molar-refractivity contribution in [3.05, 3.63) is 46.7 Å². The van der Waals surface area contributed by atoms with E-state index in [9.17, 15) is 4.79 Å². The predicted octanol–water partition coefficient (Wildman–Crippen LogP) is 1.50. The van der Waals surface area contributed by atoms with Crippen molar-refractivity contribution in [2.45, 2.75) is 0 Å². The van der Waals surface area contributed by atoms with E-state index in [1.54, 1.807) is 24.4 Å². The van der Waals surface area contributed by atoms with Gasteiger partial charge in [0.2, 0.25) is 0 Å². The summed E-state index contributed by atoms with van der Waals surface area (Å²) in [7, 11) is 0. The van der Waals surface area contributed by atoms with Gasteiger partial charge in [-0.3, -0.25) is 4.79 Å². The van der Waals surface area contributed by atoms with E-state index in [0.717, 1.165) is 0 Å². The molecule has 2 aromatic rings. The largest absolute Gasteiger partial charge is 0.364 e. The van der Waals surface area contributed by atoms with Crippen LogP contribution in [0.15, 0.2) is 30.5 Å². The topological polar surface area (TPSA) is 84.7 Å². The zero-order valence-electron chi connectivity index (χ0n) is 8.59. The van der Waals surface area contributed by atoms with Gasteiger partial charge in [0.05, 0.1) is 16.3 Å². The molecule has 2 N–H and O–H groups in total. The van der Waals surface area contributed by atoms with Crippen LogP contribution in [0, 0.1) is 11.3 Å². The fourth-order valence-electron chi connectivity index (χ4n) is 1.34. The van der Waals surface area contributed by atoms with Gasteiger partial charge in [-0.2, -0.15) is 10.4 Å². The lowest BCUT2D eigenvalue weighted by Crippen LogP contribution is -2.12. The summed E-state index contributed by atoms with van der Waals surface area (Å²) in [6.07, 6.45) is 1.60. The molecular weight excluding hydrogens is 240 g/mol. The summed E-state index contributed by atoms with van der Waals surface area (Å²) < 4.78 is 1.47. The van der Waals surface area contributed by atoms with Crippen LogP contribution in [-0.2, 0) is 0 Å². The molecule has 17 heavy (non-hydrogen) atoms. The van der Waals surface area contributed by atoms with Gasteiger partial charge in [-0.15, -0.1) is 0 Å². The summed E-state index contributed by atoms with van der Waals surface area (Å²) >= 11 is 5.89. The van der Waals surface area contributed by atoms with E-state index < -0.39 is 5.91 Å². The molecule has 0 spiro atoms. The number of benzene rings is 1. The average molecular weight is 247 g/mol. The van der Waals surface area contributed by atoms with E-state index in [4.69, 9.17) is 22.6 Å². The van der Waals surface area contributed by atoms with Crippen LogP contribution in [0.5, 0.6) is 0 Å². The monoisotopic (exact) mass is 246 g/mol. The molecule has 0 aliphatic rings. The molecule has 0 fully saturated rings. The first kappa shape index (κ1) is 11.2. The highest BCUT2D eigenvalue weighted by Crippen LogP contribution is 2.19. The Morgan fingerprint density at radius 3 is 2.76 bits per heavy atom. The molecule has 1 aromatic heterocycles. The van der Waals surface area contributed by atoms with Crippen molar-refractivity contribution in [2.24, 2.45) is 5.73 Å². The van der Waals surface area contributed by atoms with Gasteiger partial charge in [-0.05, 0) is 24.3 Å². The van der Waals surface area contributed by atoms with Crippen molar-refractivity contribution in [3.8, 4) is 11.8 Å². The van der Waals surface area contributed by atoms with Gasteiger partial charge in [0.1, 0.15) is 11.8 Å². The molecular formula is C11H7ClN4O. The first-order valence-electron chi connectivity index (χ1n) is 4.67. The molecule has 0 aliphatic carbocycles. The van der Waals surface area contributed by atoms with Gasteiger partial charge in [-0.25, -0.2) is 4.68 Å². The molecule has 6 heteroatoms. The second kappa shape index (κ2) is 4.28. The lowest BCUT2D eigenvalue weighted by atomic mass is 10.2. The summed E-state index contributed by atoms with van der Waals surface area (Å²) in [5, 5.41) is 13.1. The molecule has 0 aliphatic heterocycles. The van der Waals surface area contributed by atoms with E-state index in [0.29, 0.717) is 16.3 Å². The third-order valence-corrected chi connectivity index (χ3v) is 2.49. The molecule has 1 amide bonds. The number of nitriles is 1. The number of primary amides is 1. The number of hydrogen-bond acceptors (Lipinski definition) is 3. The zero-order chi connectivity index (χ0) is 12.4. The van der Waals surface area contributed by atoms with Crippen LogP contribution in [0.4, 0.5) is 0 Å². The first-order chi connectivity index (χ1) is 8.11. The minimum Gasteiger partial charge on any atom is -0.364 e. The number of nitrogens with two attached hydrogens (primary N) is 1. The number of hydrogen-bond donors (Lipinski definition) is 1. The quantitative estimate of drug-likeness (QED) is 0.871. The maximum atomic E-state index is 10.9. The number of carbonyl (C=O) groups is 1. The highest BCUT2D eigenvalue weighted by Gasteiger charge is 2.07. The fraction of sp³-hybridized carbons (Fsp3) is 0. The highest BCUT2D eigenvalue weighted by atomic mass is 35.5. The molecule has 1 aromatic carbocycles. The summed E-state index contributed by atoms with van der Waals surface area (Å²) in [6, 6.07) is 8.33. The van der Waals surface area contributed by atoms with Gasteiger partial charge in [-0.1, -0.05) is 11.6 Å². The molecule has 0 unspecified atom stereocenters. The Morgan fingerprint density at radius 2 is 2.24 bits per heavy atom. The van der Waals surface area contributed by atoms with Gasteiger partial charge in [0.25, 0.3) is 5.91 Å². The Bertz CT molecular complexity index is 627. The van der Waals surface area contributed by atoms with E-state index in [1.165, 1.54) is 10.7 Å². The number of amides is 1. The third kappa shape index (κ3) is 2.12. The van der Waals surface area contributed by atoms with Crippen molar-refractivity contribution in [1.82, 2.24) is 9.78 Å². The van der Waals surface area contributed by atoms with Crippen LogP contribution >= 0.6 is 11.6 Å². The molecule has 2 rings (SSSR count). The number of halogens is 1. The second-order valence-corrected chi connectivity index (χ2v) is 3.69. The number of aromatic nitrogens is 2. The van der Waals surface area contributed by atoms with Gasteiger partial charge < -0.3 is 5.73 Å². The Kier molecular flexibility index (Phi) is 2.81. The minimum absolute atomic E-state index is 0.172. The summed E-state index contributed by atoms with van der Waals surface area (Å²) in [5.41, 5.74) is 6.31. The van der Waals surface area contributed by atoms with Crippen LogP contribution in [-0.4, -0.2) is 15.7 Å². The van der Waals surface area contributed by atoms with Crippen LogP contribution in [0.1, 0.15) is 16.1 Å². The number of rotatable bonds is 2. The molecule has 5 nitrogen and oxygen atoms in total. The van der Waals surface area contributed by atoms with E-state index in [1.807, 2.05) is 6.07 Å². The smallest absolute Gasteiger partial charge is 0.269 e. The number of carbonyl (C=O) groups excluding carboxylic acids is 1. The lowest BCUT2D eigenvalue weighted by Gasteiger charge is -2.02. The van der Waals surface area contributed by atoms with Gasteiger partial charge >= 0.3 is 0 Å².